The molecular weight excluding hydrogens is 312 g/mol. The second-order valence-electron chi connectivity index (χ2n) is 4.22. The number of cyclic esters (lactones) is 1. The zero-order valence-corrected chi connectivity index (χ0v) is 12.0. The molecule has 0 aliphatic carbocycles. The molecule has 0 spiro atoms. The summed E-state index contributed by atoms with van der Waals surface area (Å²) in [5, 5.41) is 2.82. The predicted octanol–water partition coefficient (Wildman–Crippen LogP) is 2.02. The summed E-state index contributed by atoms with van der Waals surface area (Å²) in [5.41, 5.74) is 0.629. The summed E-state index contributed by atoms with van der Waals surface area (Å²) in [6.45, 7) is 2.25. The van der Waals surface area contributed by atoms with Crippen molar-refractivity contribution in [3.63, 3.8) is 0 Å². The van der Waals surface area contributed by atoms with E-state index in [4.69, 9.17) is 4.74 Å². The smallest absolute Gasteiger partial charge is 0.409 e. The van der Waals surface area contributed by atoms with Crippen LogP contribution < -0.4 is 5.32 Å². The minimum atomic E-state index is -0.265. The van der Waals surface area contributed by atoms with Gasteiger partial charge < -0.3 is 15.0 Å². The highest BCUT2D eigenvalue weighted by molar-refractivity contribution is 9.10. The maximum atomic E-state index is 11.8. The molecule has 0 saturated carbocycles. The fourth-order valence-corrected chi connectivity index (χ4v) is 2.07. The molecule has 2 rings (SSSR count). The van der Waals surface area contributed by atoms with Crippen LogP contribution in [-0.2, 0) is 4.74 Å². The molecule has 1 fully saturated rings. The molecule has 0 atom stereocenters. The van der Waals surface area contributed by atoms with E-state index in [1.807, 2.05) is 12.1 Å². The van der Waals surface area contributed by atoms with Crippen molar-refractivity contribution in [3.8, 4) is 0 Å². The van der Waals surface area contributed by atoms with E-state index in [0.717, 1.165) is 10.9 Å². The molecule has 0 unspecified atom stereocenters. The standard InChI is InChI=1S/C13H15BrN2O3/c14-11-4-2-10(3-5-11)12(17)15-6-1-7-16-8-9-19-13(16)18/h2-5H,1,6-9H2,(H,15,17). The molecule has 1 saturated heterocycles. The van der Waals surface area contributed by atoms with E-state index in [1.165, 1.54) is 0 Å². The van der Waals surface area contributed by atoms with Crippen molar-refractivity contribution in [3.05, 3.63) is 34.3 Å². The van der Waals surface area contributed by atoms with E-state index in [9.17, 15) is 9.59 Å². The van der Waals surface area contributed by atoms with Crippen LogP contribution in [0.2, 0.25) is 0 Å². The average Bonchev–Trinajstić information content (AvgIpc) is 2.81. The van der Waals surface area contributed by atoms with Gasteiger partial charge in [0, 0.05) is 23.1 Å². The number of benzene rings is 1. The second-order valence-corrected chi connectivity index (χ2v) is 5.13. The van der Waals surface area contributed by atoms with Gasteiger partial charge in [0.25, 0.3) is 5.91 Å². The number of nitrogens with one attached hydrogen (secondary N) is 1. The fourth-order valence-electron chi connectivity index (χ4n) is 1.80. The first-order valence-corrected chi connectivity index (χ1v) is 6.91. The highest BCUT2D eigenvalue weighted by Crippen LogP contribution is 2.10. The zero-order chi connectivity index (χ0) is 13.7. The Labute approximate surface area is 120 Å². The van der Waals surface area contributed by atoms with Gasteiger partial charge in [-0.25, -0.2) is 4.79 Å². The first-order chi connectivity index (χ1) is 9.16. The Morgan fingerprint density at radius 2 is 2.11 bits per heavy atom. The quantitative estimate of drug-likeness (QED) is 0.842. The van der Waals surface area contributed by atoms with Gasteiger partial charge in [-0.05, 0) is 30.7 Å². The van der Waals surface area contributed by atoms with E-state index >= 15 is 0 Å². The number of ether oxygens (including phenoxy) is 1. The second kappa shape index (κ2) is 6.56. The molecule has 0 radical (unpaired) electrons. The Morgan fingerprint density at radius 3 is 2.74 bits per heavy atom. The van der Waals surface area contributed by atoms with Gasteiger partial charge in [0.15, 0.2) is 0 Å². The van der Waals surface area contributed by atoms with E-state index in [1.54, 1.807) is 17.0 Å². The van der Waals surface area contributed by atoms with Crippen LogP contribution >= 0.6 is 15.9 Å². The number of carbonyl (C=O) groups excluding carboxylic acids is 2. The van der Waals surface area contributed by atoms with Crippen molar-refractivity contribution in [2.75, 3.05) is 26.2 Å². The van der Waals surface area contributed by atoms with Gasteiger partial charge in [0.2, 0.25) is 0 Å². The van der Waals surface area contributed by atoms with Crippen molar-refractivity contribution in [2.24, 2.45) is 0 Å². The predicted molar refractivity (Wildman–Crippen MR) is 74.0 cm³/mol. The Morgan fingerprint density at radius 1 is 1.37 bits per heavy atom. The third kappa shape index (κ3) is 3.96. The van der Waals surface area contributed by atoms with Crippen LogP contribution in [0.1, 0.15) is 16.8 Å². The van der Waals surface area contributed by atoms with E-state index in [-0.39, 0.29) is 12.0 Å². The number of halogens is 1. The Bertz CT molecular complexity index is 461. The van der Waals surface area contributed by atoms with Crippen LogP contribution in [0.3, 0.4) is 0 Å². The van der Waals surface area contributed by atoms with Crippen LogP contribution in [-0.4, -0.2) is 43.1 Å². The molecule has 6 heteroatoms. The molecule has 1 aromatic rings. The lowest BCUT2D eigenvalue weighted by atomic mass is 10.2. The van der Waals surface area contributed by atoms with Gasteiger partial charge in [0.05, 0.1) is 6.54 Å². The summed E-state index contributed by atoms with van der Waals surface area (Å²) >= 11 is 3.32. The highest BCUT2D eigenvalue weighted by atomic mass is 79.9. The molecule has 102 valence electrons. The van der Waals surface area contributed by atoms with Crippen molar-refractivity contribution >= 4 is 27.9 Å². The van der Waals surface area contributed by atoms with Crippen LogP contribution in [0.15, 0.2) is 28.7 Å². The Kier molecular flexibility index (Phi) is 4.79. The number of hydrogen-bond donors (Lipinski definition) is 1. The largest absolute Gasteiger partial charge is 0.448 e. The summed E-state index contributed by atoms with van der Waals surface area (Å²) in [6.07, 6.45) is 0.455. The lowest BCUT2D eigenvalue weighted by Gasteiger charge is -2.12. The zero-order valence-electron chi connectivity index (χ0n) is 10.4. The summed E-state index contributed by atoms with van der Waals surface area (Å²) in [7, 11) is 0. The van der Waals surface area contributed by atoms with Crippen LogP contribution in [0.5, 0.6) is 0 Å². The number of rotatable bonds is 5. The van der Waals surface area contributed by atoms with E-state index in [2.05, 4.69) is 21.2 Å². The SMILES string of the molecule is O=C(NCCCN1CCOC1=O)c1ccc(Br)cc1. The summed E-state index contributed by atoms with van der Waals surface area (Å²) in [6, 6.07) is 7.18. The van der Waals surface area contributed by atoms with Gasteiger partial charge in [-0.2, -0.15) is 0 Å². The maximum Gasteiger partial charge on any atom is 0.409 e. The normalized spacial score (nSPS) is 14.4. The first kappa shape index (κ1) is 13.9. The van der Waals surface area contributed by atoms with Crippen LogP contribution in [0.25, 0.3) is 0 Å². The van der Waals surface area contributed by atoms with Crippen molar-refractivity contribution < 1.29 is 14.3 Å². The third-order valence-corrected chi connectivity index (χ3v) is 3.37. The molecule has 2 amide bonds. The van der Waals surface area contributed by atoms with Gasteiger partial charge in [-0.1, -0.05) is 15.9 Å². The summed E-state index contributed by atoms with van der Waals surface area (Å²) in [5.74, 6) is -0.100. The number of nitrogens with zero attached hydrogens (tertiary/aromatic N) is 1. The van der Waals surface area contributed by atoms with Crippen molar-refractivity contribution in [1.29, 1.82) is 0 Å². The fraction of sp³-hybridized carbons (Fsp3) is 0.385. The molecule has 1 aliphatic rings. The van der Waals surface area contributed by atoms with E-state index in [0.29, 0.717) is 31.8 Å². The molecule has 1 N–H and O–H groups in total. The van der Waals surface area contributed by atoms with E-state index < -0.39 is 0 Å². The number of hydrogen-bond acceptors (Lipinski definition) is 3. The number of amides is 2. The molecule has 5 nitrogen and oxygen atoms in total. The summed E-state index contributed by atoms with van der Waals surface area (Å²) in [4.78, 5) is 24.6. The van der Waals surface area contributed by atoms with Crippen LogP contribution in [0, 0.1) is 0 Å². The van der Waals surface area contributed by atoms with Crippen molar-refractivity contribution in [2.45, 2.75) is 6.42 Å². The minimum Gasteiger partial charge on any atom is -0.448 e. The molecule has 1 aliphatic heterocycles. The van der Waals surface area contributed by atoms with Gasteiger partial charge in [0.1, 0.15) is 6.61 Å². The molecule has 0 bridgehead atoms. The molecule has 1 heterocycles. The molecular formula is C13H15BrN2O3. The maximum absolute atomic E-state index is 11.8. The summed E-state index contributed by atoms with van der Waals surface area (Å²) < 4.78 is 5.76. The molecule has 19 heavy (non-hydrogen) atoms. The first-order valence-electron chi connectivity index (χ1n) is 6.12. The third-order valence-electron chi connectivity index (χ3n) is 2.84. The van der Waals surface area contributed by atoms with Gasteiger partial charge in [-0.3, -0.25) is 4.79 Å². The lowest BCUT2D eigenvalue weighted by molar-refractivity contribution is 0.0952. The van der Waals surface area contributed by atoms with Crippen molar-refractivity contribution in [1.82, 2.24) is 10.2 Å². The molecule has 0 aromatic heterocycles. The lowest BCUT2D eigenvalue weighted by Crippen LogP contribution is -2.30. The van der Waals surface area contributed by atoms with Gasteiger partial charge >= 0.3 is 6.09 Å². The average molecular weight is 327 g/mol. The topological polar surface area (TPSA) is 58.6 Å². The van der Waals surface area contributed by atoms with Gasteiger partial charge in [-0.15, -0.1) is 0 Å². The molecule has 1 aromatic carbocycles. The highest BCUT2D eigenvalue weighted by Gasteiger charge is 2.20. The Balaban J connectivity index is 1.69. The van der Waals surface area contributed by atoms with Crippen LogP contribution in [0.4, 0.5) is 4.79 Å². The monoisotopic (exact) mass is 326 g/mol. The minimum absolute atomic E-state index is 0.100. The Hall–Kier alpha value is -1.56. The number of carbonyl (C=O) groups is 2.